The number of hydrogen-bond acceptors (Lipinski definition) is 6. The molecule has 35 heavy (non-hydrogen) atoms. The first kappa shape index (κ1) is 24.2. The van der Waals surface area contributed by atoms with E-state index in [2.05, 4.69) is 5.32 Å². The maximum atomic E-state index is 13.0. The molecule has 0 spiro atoms. The van der Waals surface area contributed by atoms with Crippen molar-refractivity contribution in [1.29, 1.82) is 0 Å². The van der Waals surface area contributed by atoms with Gasteiger partial charge in [0.15, 0.2) is 6.61 Å². The van der Waals surface area contributed by atoms with Gasteiger partial charge in [0, 0.05) is 17.3 Å². The molecule has 0 fully saturated rings. The van der Waals surface area contributed by atoms with Gasteiger partial charge in [-0.25, -0.2) is 0 Å². The summed E-state index contributed by atoms with van der Waals surface area (Å²) in [6, 6.07) is 17.4. The number of hydrogen-bond donors (Lipinski definition) is 1. The van der Waals surface area contributed by atoms with Gasteiger partial charge in [-0.2, -0.15) is 0 Å². The van der Waals surface area contributed by atoms with Crippen LogP contribution in [0.2, 0.25) is 5.02 Å². The smallest absolute Gasteiger partial charge is 0.265 e. The zero-order valence-electron chi connectivity index (χ0n) is 19.4. The zero-order valence-corrected chi connectivity index (χ0v) is 20.1. The predicted molar refractivity (Wildman–Crippen MR) is 133 cm³/mol. The van der Waals surface area contributed by atoms with E-state index in [0.717, 1.165) is 0 Å². The van der Waals surface area contributed by atoms with Crippen LogP contribution in [-0.4, -0.2) is 45.8 Å². The second kappa shape index (κ2) is 11.0. The topological polar surface area (TPSA) is 86.3 Å². The molecule has 1 heterocycles. The van der Waals surface area contributed by atoms with E-state index in [9.17, 15) is 9.59 Å². The van der Waals surface area contributed by atoms with Gasteiger partial charge in [0.2, 0.25) is 0 Å². The van der Waals surface area contributed by atoms with E-state index in [0.29, 0.717) is 59.0 Å². The van der Waals surface area contributed by atoms with Crippen molar-refractivity contribution in [3.05, 3.63) is 71.2 Å². The van der Waals surface area contributed by atoms with Crippen LogP contribution in [0.25, 0.3) is 0 Å². The van der Waals surface area contributed by atoms with E-state index < -0.39 is 5.91 Å². The molecule has 0 aliphatic carbocycles. The van der Waals surface area contributed by atoms with E-state index in [1.807, 2.05) is 0 Å². The van der Waals surface area contributed by atoms with Crippen molar-refractivity contribution in [2.45, 2.75) is 6.42 Å². The first-order valence-electron chi connectivity index (χ1n) is 11.0. The second-order valence-corrected chi connectivity index (χ2v) is 8.10. The number of nitrogens with one attached hydrogen (secondary N) is 1. The van der Waals surface area contributed by atoms with E-state index in [1.54, 1.807) is 65.6 Å². The van der Waals surface area contributed by atoms with Crippen molar-refractivity contribution in [3.63, 3.8) is 0 Å². The van der Waals surface area contributed by atoms with Gasteiger partial charge < -0.3 is 29.2 Å². The molecule has 1 N–H and O–H groups in total. The number of nitrogens with zero attached hydrogens (tertiary/aromatic N) is 1. The molecule has 9 heteroatoms. The normalized spacial score (nSPS) is 12.4. The Hall–Kier alpha value is -3.91. The molecule has 8 nitrogen and oxygen atoms in total. The lowest BCUT2D eigenvalue weighted by Gasteiger charge is -2.30. The van der Waals surface area contributed by atoms with Gasteiger partial charge in [-0.15, -0.1) is 0 Å². The van der Waals surface area contributed by atoms with Crippen molar-refractivity contribution in [1.82, 2.24) is 0 Å². The molecule has 0 saturated carbocycles. The molecule has 0 bridgehead atoms. The lowest BCUT2D eigenvalue weighted by molar-refractivity contribution is -0.121. The van der Waals surface area contributed by atoms with Gasteiger partial charge in [0.05, 0.1) is 26.5 Å². The van der Waals surface area contributed by atoms with Crippen LogP contribution in [0.5, 0.6) is 23.0 Å². The number of methoxy groups -OCH3 is 2. The van der Waals surface area contributed by atoms with Crippen LogP contribution in [-0.2, 0) is 4.79 Å². The number of ether oxygens (including phenoxy) is 4. The largest absolute Gasteiger partial charge is 0.496 e. The summed E-state index contributed by atoms with van der Waals surface area (Å²) in [5, 5.41) is 3.50. The fraction of sp³-hybridized carbons (Fsp3) is 0.231. The number of fused-ring (bicyclic) bond motifs is 1. The minimum atomic E-state index is -0.398. The van der Waals surface area contributed by atoms with Gasteiger partial charge in [-0.05, 0) is 61.0 Å². The average Bonchev–Trinajstić information content (AvgIpc) is 2.88. The molecule has 1 aliphatic heterocycles. The van der Waals surface area contributed by atoms with E-state index in [1.165, 1.54) is 14.2 Å². The lowest BCUT2D eigenvalue weighted by Crippen LogP contribution is -2.39. The first-order valence-corrected chi connectivity index (χ1v) is 11.4. The third-order valence-electron chi connectivity index (χ3n) is 5.42. The Morgan fingerprint density at radius 2 is 1.77 bits per heavy atom. The van der Waals surface area contributed by atoms with Crippen LogP contribution >= 0.6 is 11.6 Å². The summed E-state index contributed by atoms with van der Waals surface area (Å²) in [5.41, 5.74) is 1.36. The number of rotatable bonds is 9. The van der Waals surface area contributed by atoms with Crippen molar-refractivity contribution < 1.29 is 28.5 Å². The maximum absolute atomic E-state index is 13.0. The highest BCUT2D eigenvalue weighted by molar-refractivity contribution is 6.30. The molecule has 3 aromatic carbocycles. The minimum absolute atomic E-state index is 0.0465. The fourth-order valence-electron chi connectivity index (χ4n) is 3.74. The number of carbonyl (C=O) groups excluding carboxylic acids is 2. The Labute approximate surface area is 208 Å². The predicted octanol–water partition coefficient (Wildman–Crippen LogP) is 4.80. The number of benzene rings is 3. The van der Waals surface area contributed by atoms with Crippen LogP contribution in [0.4, 0.5) is 11.4 Å². The van der Waals surface area contributed by atoms with Crippen molar-refractivity contribution in [3.8, 4) is 23.0 Å². The van der Waals surface area contributed by atoms with E-state index in [-0.39, 0.29) is 18.1 Å². The summed E-state index contributed by atoms with van der Waals surface area (Å²) < 4.78 is 22.0. The Morgan fingerprint density at radius 1 is 1.06 bits per heavy atom. The minimum Gasteiger partial charge on any atom is -0.496 e. The summed E-state index contributed by atoms with van der Waals surface area (Å²) in [6.45, 7) is 0.807. The summed E-state index contributed by atoms with van der Waals surface area (Å²) >= 11 is 5.90. The van der Waals surface area contributed by atoms with Crippen LogP contribution in [0.3, 0.4) is 0 Å². The molecule has 2 amide bonds. The number of carbonyl (C=O) groups is 2. The quantitative estimate of drug-likeness (QED) is 0.428. The van der Waals surface area contributed by atoms with Gasteiger partial charge in [0.1, 0.15) is 28.6 Å². The van der Waals surface area contributed by atoms with E-state index in [4.69, 9.17) is 30.5 Å². The van der Waals surface area contributed by atoms with Crippen molar-refractivity contribution >= 4 is 34.8 Å². The van der Waals surface area contributed by atoms with Crippen LogP contribution in [0.15, 0.2) is 60.7 Å². The highest BCUT2D eigenvalue weighted by Gasteiger charge is 2.26. The molecule has 0 radical (unpaired) electrons. The highest BCUT2D eigenvalue weighted by Crippen LogP contribution is 2.36. The molecule has 0 atom stereocenters. The fourth-order valence-corrected chi connectivity index (χ4v) is 3.86. The maximum Gasteiger partial charge on any atom is 0.265 e. The molecular weight excluding hydrogens is 472 g/mol. The molecule has 182 valence electrons. The number of amides is 2. The summed E-state index contributed by atoms with van der Waals surface area (Å²) in [5.74, 6) is 1.49. The van der Waals surface area contributed by atoms with Gasteiger partial charge in [-0.1, -0.05) is 17.7 Å². The monoisotopic (exact) mass is 496 g/mol. The molecule has 4 rings (SSSR count). The third kappa shape index (κ3) is 5.60. The third-order valence-corrected chi connectivity index (χ3v) is 5.68. The Morgan fingerprint density at radius 3 is 2.46 bits per heavy atom. The van der Waals surface area contributed by atoms with Gasteiger partial charge in [0.25, 0.3) is 11.8 Å². The summed E-state index contributed by atoms with van der Waals surface area (Å²) in [6.07, 6.45) is 0.600. The van der Waals surface area contributed by atoms with E-state index >= 15 is 0 Å². The first-order chi connectivity index (χ1) is 17.0. The van der Waals surface area contributed by atoms with Crippen molar-refractivity contribution in [2.75, 3.05) is 44.2 Å². The van der Waals surface area contributed by atoms with Crippen LogP contribution in [0.1, 0.15) is 16.8 Å². The van der Waals surface area contributed by atoms with Crippen LogP contribution in [0, 0.1) is 0 Å². The molecule has 0 saturated heterocycles. The number of halogens is 1. The molecule has 3 aromatic rings. The molecule has 0 unspecified atom stereocenters. The SMILES string of the molecule is COc1cccc(OC)c1C(=O)Nc1ccc2c(c1)N(CCCOc1ccc(Cl)cc1)C(=O)CO2. The Balaban J connectivity index is 1.47. The zero-order chi connectivity index (χ0) is 24.8. The average molecular weight is 497 g/mol. The lowest BCUT2D eigenvalue weighted by atomic mass is 10.1. The second-order valence-electron chi connectivity index (χ2n) is 7.66. The molecular formula is C26H25ClN2O6. The van der Waals surface area contributed by atoms with Crippen molar-refractivity contribution in [2.24, 2.45) is 0 Å². The summed E-state index contributed by atoms with van der Waals surface area (Å²) in [4.78, 5) is 27.3. The standard InChI is InChI=1S/C26H25ClN2O6/c1-32-22-5-3-6-23(33-2)25(22)26(31)28-18-9-12-21-20(15-18)29(24(30)16-35-21)13-4-14-34-19-10-7-17(27)8-11-19/h3,5-12,15H,4,13-14,16H2,1-2H3,(H,28,31). The van der Waals surface area contributed by atoms with Gasteiger partial charge in [-0.3, -0.25) is 9.59 Å². The van der Waals surface area contributed by atoms with Crippen LogP contribution < -0.4 is 29.2 Å². The van der Waals surface area contributed by atoms with Gasteiger partial charge >= 0.3 is 0 Å². The molecule has 1 aliphatic rings. The highest BCUT2D eigenvalue weighted by atomic mass is 35.5. The molecule has 0 aromatic heterocycles. The Kier molecular flexibility index (Phi) is 7.62. The Bertz CT molecular complexity index is 1190. The number of anilines is 2. The summed E-state index contributed by atoms with van der Waals surface area (Å²) in [7, 11) is 2.98.